The maximum absolute atomic E-state index is 6.09. The summed E-state index contributed by atoms with van der Waals surface area (Å²) in [4.78, 5) is 0. The molecule has 1 nitrogen and oxygen atoms in total. The maximum Gasteiger partial charge on any atom is 0.130 e. The van der Waals surface area contributed by atoms with E-state index in [2.05, 4.69) is 44.2 Å². The lowest BCUT2D eigenvalue weighted by Gasteiger charge is -2.11. The van der Waals surface area contributed by atoms with Gasteiger partial charge in [0, 0.05) is 5.56 Å². The van der Waals surface area contributed by atoms with E-state index in [-0.39, 0.29) is 0 Å². The van der Waals surface area contributed by atoms with Gasteiger partial charge in [0.2, 0.25) is 0 Å². The van der Waals surface area contributed by atoms with Gasteiger partial charge < -0.3 is 4.74 Å². The Hall–Kier alpha value is -2.02. The van der Waals surface area contributed by atoms with Crippen LogP contribution in [0.4, 0.5) is 0 Å². The molecule has 0 aliphatic carbocycles. The number of rotatable bonds is 6. The molecular weight excluding hydrogens is 244 g/mol. The molecule has 1 heteroatoms. The van der Waals surface area contributed by atoms with Crippen LogP contribution in [-0.2, 0) is 0 Å². The number of hydrogen-bond acceptors (Lipinski definition) is 1. The minimum absolute atomic E-state index is 0.900. The lowest BCUT2D eigenvalue weighted by atomic mass is 10.1. The summed E-state index contributed by atoms with van der Waals surface area (Å²) in [7, 11) is 0. The Balaban J connectivity index is 2.21. The number of benzene rings is 2. The van der Waals surface area contributed by atoms with Gasteiger partial charge in [-0.15, -0.1) is 0 Å². The molecule has 0 fully saturated rings. The van der Waals surface area contributed by atoms with Crippen LogP contribution in [-0.4, -0.2) is 0 Å². The zero-order valence-electron chi connectivity index (χ0n) is 12.3. The molecular formula is C19H22O. The molecule has 0 aliphatic rings. The van der Waals surface area contributed by atoms with Gasteiger partial charge >= 0.3 is 0 Å². The molecule has 0 radical (unpaired) electrons. The predicted molar refractivity (Wildman–Crippen MR) is 85.8 cm³/mol. The largest absolute Gasteiger partial charge is 0.457 e. The number of hydrogen-bond donors (Lipinski definition) is 0. The summed E-state index contributed by atoms with van der Waals surface area (Å²) in [5.74, 6) is 1.85. The van der Waals surface area contributed by atoms with Gasteiger partial charge in [0.05, 0.1) is 0 Å². The minimum atomic E-state index is 0.900. The molecule has 0 heterocycles. The van der Waals surface area contributed by atoms with Crippen molar-refractivity contribution in [3.8, 4) is 5.75 Å². The first-order chi connectivity index (χ1) is 9.79. The monoisotopic (exact) mass is 266 g/mol. The predicted octanol–water partition coefficient (Wildman–Crippen LogP) is 5.61. The van der Waals surface area contributed by atoms with Crippen molar-refractivity contribution in [2.24, 2.45) is 0 Å². The van der Waals surface area contributed by atoms with Gasteiger partial charge in [-0.1, -0.05) is 55.8 Å². The van der Waals surface area contributed by atoms with E-state index in [0.29, 0.717) is 0 Å². The Labute approximate surface area is 121 Å². The lowest BCUT2D eigenvalue weighted by molar-refractivity contribution is 0.511. The Morgan fingerprint density at radius 1 is 1.05 bits per heavy atom. The van der Waals surface area contributed by atoms with Crippen molar-refractivity contribution in [2.45, 2.75) is 33.1 Å². The Morgan fingerprint density at radius 2 is 1.85 bits per heavy atom. The van der Waals surface area contributed by atoms with Crippen molar-refractivity contribution in [3.05, 3.63) is 71.8 Å². The molecule has 0 aromatic heterocycles. The number of aryl methyl sites for hydroxylation is 1. The highest BCUT2D eigenvalue weighted by molar-refractivity contribution is 5.61. The normalized spacial score (nSPS) is 11.4. The molecule has 2 aromatic carbocycles. The van der Waals surface area contributed by atoms with Crippen LogP contribution >= 0.6 is 0 Å². The Bertz CT molecular complexity index is 555. The van der Waals surface area contributed by atoms with E-state index in [9.17, 15) is 0 Å². The van der Waals surface area contributed by atoms with Crippen LogP contribution in [0.25, 0.3) is 5.76 Å². The van der Waals surface area contributed by atoms with Crippen LogP contribution in [0.3, 0.4) is 0 Å². The fourth-order valence-corrected chi connectivity index (χ4v) is 2.06. The standard InChI is InChI=1S/C19H22O/c1-3-4-6-14-19(17-11-7-5-8-12-17)20-18-13-9-10-16(2)15-18/h5,7-15H,3-4,6H2,1-2H3/b19-14-. The van der Waals surface area contributed by atoms with E-state index >= 15 is 0 Å². The van der Waals surface area contributed by atoms with E-state index in [1.54, 1.807) is 0 Å². The smallest absolute Gasteiger partial charge is 0.130 e. The maximum atomic E-state index is 6.09. The first-order valence-corrected chi connectivity index (χ1v) is 7.29. The van der Waals surface area contributed by atoms with E-state index < -0.39 is 0 Å². The summed E-state index contributed by atoms with van der Waals surface area (Å²) >= 11 is 0. The average Bonchev–Trinajstić information content (AvgIpc) is 2.47. The van der Waals surface area contributed by atoms with Gasteiger partial charge in [-0.2, -0.15) is 0 Å². The van der Waals surface area contributed by atoms with Crippen LogP contribution in [0, 0.1) is 6.92 Å². The molecule has 0 bridgehead atoms. The second-order valence-corrected chi connectivity index (χ2v) is 5.00. The number of unbranched alkanes of at least 4 members (excludes halogenated alkanes) is 2. The highest BCUT2D eigenvalue weighted by Crippen LogP contribution is 2.22. The molecule has 0 N–H and O–H groups in total. The lowest BCUT2D eigenvalue weighted by Crippen LogP contribution is -1.95. The van der Waals surface area contributed by atoms with E-state index in [4.69, 9.17) is 4.74 Å². The van der Waals surface area contributed by atoms with Crippen LogP contribution in [0.15, 0.2) is 60.7 Å². The quantitative estimate of drug-likeness (QED) is 0.488. The molecule has 104 valence electrons. The van der Waals surface area contributed by atoms with Gasteiger partial charge in [-0.05, 0) is 43.5 Å². The highest BCUT2D eigenvalue weighted by Gasteiger charge is 2.04. The van der Waals surface area contributed by atoms with Crippen molar-refractivity contribution in [1.29, 1.82) is 0 Å². The second kappa shape index (κ2) is 7.54. The average molecular weight is 266 g/mol. The molecule has 0 saturated heterocycles. The Morgan fingerprint density at radius 3 is 2.55 bits per heavy atom. The molecule has 0 aliphatic heterocycles. The second-order valence-electron chi connectivity index (χ2n) is 5.00. The van der Waals surface area contributed by atoms with Gasteiger partial charge in [0.15, 0.2) is 0 Å². The molecule has 20 heavy (non-hydrogen) atoms. The van der Waals surface area contributed by atoms with E-state index in [0.717, 1.165) is 23.5 Å². The third-order valence-corrected chi connectivity index (χ3v) is 3.16. The van der Waals surface area contributed by atoms with E-state index in [1.165, 1.54) is 18.4 Å². The van der Waals surface area contributed by atoms with Crippen LogP contribution in [0.1, 0.15) is 37.3 Å². The minimum Gasteiger partial charge on any atom is -0.457 e. The zero-order valence-corrected chi connectivity index (χ0v) is 12.3. The van der Waals surface area contributed by atoms with Crippen molar-refractivity contribution < 1.29 is 4.74 Å². The molecule has 0 saturated carbocycles. The molecule has 2 rings (SSSR count). The van der Waals surface area contributed by atoms with Crippen molar-refractivity contribution in [1.82, 2.24) is 0 Å². The summed E-state index contributed by atoms with van der Waals surface area (Å²) < 4.78 is 6.09. The summed E-state index contributed by atoms with van der Waals surface area (Å²) in [6.07, 6.45) is 5.63. The van der Waals surface area contributed by atoms with Crippen LogP contribution < -0.4 is 4.74 Å². The van der Waals surface area contributed by atoms with Crippen LogP contribution in [0.2, 0.25) is 0 Å². The molecule has 0 amide bonds. The van der Waals surface area contributed by atoms with Crippen molar-refractivity contribution >= 4 is 5.76 Å². The third-order valence-electron chi connectivity index (χ3n) is 3.16. The Kier molecular flexibility index (Phi) is 5.43. The molecule has 0 spiro atoms. The molecule has 0 unspecified atom stereocenters. The first-order valence-electron chi connectivity index (χ1n) is 7.29. The van der Waals surface area contributed by atoms with Gasteiger partial charge in [-0.3, -0.25) is 0 Å². The third kappa shape index (κ3) is 4.27. The summed E-state index contributed by atoms with van der Waals surface area (Å²) in [6.45, 7) is 4.29. The summed E-state index contributed by atoms with van der Waals surface area (Å²) in [6, 6.07) is 18.5. The van der Waals surface area contributed by atoms with Gasteiger partial charge in [0.1, 0.15) is 11.5 Å². The molecule has 0 atom stereocenters. The fourth-order valence-electron chi connectivity index (χ4n) is 2.06. The van der Waals surface area contributed by atoms with Crippen molar-refractivity contribution in [3.63, 3.8) is 0 Å². The molecule has 2 aromatic rings. The zero-order chi connectivity index (χ0) is 14.2. The van der Waals surface area contributed by atoms with Crippen LogP contribution in [0.5, 0.6) is 5.75 Å². The topological polar surface area (TPSA) is 9.23 Å². The first kappa shape index (κ1) is 14.4. The SMILES string of the molecule is CCCC/C=C(\Oc1cccc(C)c1)c1ccccc1. The number of ether oxygens (including phenoxy) is 1. The number of allylic oxidation sites excluding steroid dienone is 1. The highest BCUT2D eigenvalue weighted by atomic mass is 16.5. The van der Waals surface area contributed by atoms with Gasteiger partial charge in [0.25, 0.3) is 0 Å². The fraction of sp³-hybridized carbons (Fsp3) is 0.263. The summed E-state index contributed by atoms with van der Waals surface area (Å²) in [5, 5.41) is 0. The summed E-state index contributed by atoms with van der Waals surface area (Å²) in [5.41, 5.74) is 2.34. The van der Waals surface area contributed by atoms with Gasteiger partial charge in [-0.25, -0.2) is 0 Å². The van der Waals surface area contributed by atoms with E-state index in [1.807, 2.05) is 30.3 Å². The van der Waals surface area contributed by atoms with Crippen molar-refractivity contribution in [2.75, 3.05) is 0 Å².